The van der Waals surface area contributed by atoms with Crippen LogP contribution in [-0.2, 0) is 13.5 Å². The third kappa shape index (κ3) is 4.56. The molecule has 1 aromatic heterocycles. The van der Waals surface area contributed by atoms with Crippen molar-refractivity contribution in [1.82, 2.24) is 9.55 Å². The number of nitrogens with two attached hydrogens (primary N) is 1. The molecule has 0 aliphatic heterocycles. The Bertz CT molecular complexity index is 830. The Morgan fingerprint density at radius 3 is 2.84 bits per heavy atom. The Morgan fingerprint density at radius 1 is 1.48 bits per heavy atom. The lowest BCUT2D eigenvalue weighted by Crippen LogP contribution is -2.16. The van der Waals surface area contributed by atoms with Crippen LogP contribution in [-0.4, -0.2) is 15.3 Å². The first-order valence-electron chi connectivity index (χ1n) is 7.97. The van der Waals surface area contributed by atoms with Crippen LogP contribution in [0.15, 0.2) is 67.2 Å². The molecule has 4 nitrogen and oxygen atoms in total. The van der Waals surface area contributed by atoms with Gasteiger partial charge in [0.2, 0.25) is 0 Å². The molecule has 0 fully saturated rings. The largest absolute Gasteiger partial charge is 0.336 e. The fourth-order valence-corrected chi connectivity index (χ4v) is 2.72. The van der Waals surface area contributed by atoms with Gasteiger partial charge in [-0.2, -0.15) is 0 Å². The first-order valence-corrected chi connectivity index (χ1v) is 8.35. The van der Waals surface area contributed by atoms with Gasteiger partial charge >= 0.3 is 0 Å². The number of hydrogen-bond donors (Lipinski definition) is 1. The minimum Gasteiger partial charge on any atom is -0.336 e. The average molecular weight is 355 g/mol. The highest BCUT2D eigenvalue weighted by molar-refractivity contribution is 6.30. The fraction of sp³-hybridized carbons (Fsp3) is 0.200. The number of rotatable bonds is 7. The Morgan fingerprint density at radius 2 is 2.24 bits per heavy atom. The highest BCUT2D eigenvalue weighted by atomic mass is 35.5. The highest BCUT2D eigenvalue weighted by Crippen LogP contribution is 2.31. The van der Waals surface area contributed by atoms with Crippen molar-refractivity contribution in [1.29, 1.82) is 0 Å². The maximum absolute atomic E-state index is 6.41. The summed E-state index contributed by atoms with van der Waals surface area (Å²) in [7, 11) is 1.91. The van der Waals surface area contributed by atoms with Crippen LogP contribution in [0.2, 0.25) is 5.02 Å². The summed E-state index contributed by atoms with van der Waals surface area (Å²) in [6, 6.07) is 5.36. The van der Waals surface area contributed by atoms with E-state index in [0.717, 1.165) is 28.1 Å². The molecule has 0 amide bonds. The molecule has 130 valence electrons. The second-order valence-electron chi connectivity index (χ2n) is 5.72. The molecule has 2 aromatic rings. The molecule has 0 saturated carbocycles. The molecule has 0 aliphatic rings. The zero-order chi connectivity index (χ0) is 18.4. The van der Waals surface area contributed by atoms with Crippen LogP contribution in [0.25, 0.3) is 5.57 Å². The van der Waals surface area contributed by atoms with E-state index in [9.17, 15) is 0 Å². The maximum Gasteiger partial charge on any atom is 0.0946 e. The first kappa shape index (κ1) is 18.9. The van der Waals surface area contributed by atoms with Gasteiger partial charge in [-0.15, -0.1) is 0 Å². The number of imidazole rings is 1. The maximum atomic E-state index is 6.41. The van der Waals surface area contributed by atoms with Gasteiger partial charge in [0.15, 0.2) is 0 Å². The first-order chi connectivity index (χ1) is 12.0. The molecule has 0 bridgehead atoms. The van der Waals surface area contributed by atoms with Crippen molar-refractivity contribution >= 4 is 22.9 Å². The smallest absolute Gasteiger partial charge is 0.0946 e. The predicted molar refractivity (Wildman–Crippen MR) is 107 cm³/mol. The molecule has 2 rings (SSSR count). The van der Waals surface area contributed by atoms with Crippen molar-refractivity contribution in [3.63, 3.8) is 0 Å². The third-order valence-electron chi connectivity index (χ3n) is 3.96. The van der Waals surface area contributed by atoms with Gasteiger partial charge < -0.3 is 10.3 Å². The van der Waals surface area contributed by atoms with E-state index in [1.165, 1.54) is 0 Å². The van der Waals surface area contributed by atoms with Gasteiger partial charge in [-0.25, -0.2) is 4.98 Å². The molecule has 1 heterocycles. The SMILES string of the molecule is C=CC(Cc1ccc(Cl)cc1C(=C)[C@@H](N)c1cncn1C)=N/C=C\C. The third-order valence-corrected chi connectivity index (χ3v) is 4.20. The molecular weight excluding hydrogens is 332 g/mol. The average Bonchev–Trinajstić information content (AvgIpc) is 3.04. The van der Waals surface area contributed by atoms with E-state index in [1.54, 1.807) is 24.8 Å². The lowest BCUT2D eigenvalue weighted by atomic mass is 9.92. The van der Waals surface area contributed by atoms with Gasteiger partial charge in [0.25, 0.3) is 0 Å². The summed E-state index contributed by atoms with van der Waals surface area (Å²) in [6.07, 6.45) is 9.48. The molecule has 0 radical (unpaired) electrons. The molecule has 1 atom stereocenters. The standard InChI is InChI=1S/C20H23ClN4/c1-5-9-24-17(6-2)10-15-7-8-16(21)11-18(15)14(3)20(22)19-12-23-13-25(19)4/h5-9,11-13,20H,2-3,10,22H2,1,4H3/b9-5-,24-17?/t20-/m1/s1. The van der Waals surface area contributed by atoms with Crippen molar-refractivity contribution in [2.75, 3.05) is 0 Å². The summed E-state index contributed by atoms with van der Waals surface area (Å²) < 4.78 is 1.89. The summed E-state index contributed by atoms with van der Waals surface area (Å²) in [5, 5.41) is 0.641. The molecule has 0 aliphatic carbocycles. The molecule has 0 unspecified atom stereocenters. The molecule has 5 heteroatoms. The van der Waals surface area contributed by atoms with Crippen LogP contribution in [0.5, 0.6) is 0 Å². The Kier molecular flexibility index (Phi) is 6.51. The van der Waals surface area contributed by atoms with Gasteiger partial charge in [0.05, 0.1) is 24.3 Å². The Hall–Kier alpha value is -2.43. The molecule has 25 heavy (non-hydrogen) atoms. The van der Waals surface area contributed by atoms with E-state index < -0.39 is 0 Å². The van der Waals surface area contributed by atoms with Crippen LogP contribution >= 0.6 is 11.6 Å². The van der Waals surface area contributed by atoms with Crippen molar-refractivity contribution in [3.8, 4) is 0 Å². The number of aliphatic imine (C=N–C) groups is 1. The summed E-state index contributed by atoms with van der Waals surface area (Å²) in [5.41, 5.74) is 10.9. The van der Waals surface area contributed by atoms with Gasteiger partial charge in [-0.3, -0.25) is 4.99 Å². The number of benzene rings is 1. The van der Waals surface area contributed by atoms with E-state index in [-0.39, 0.29) is 6.04 Å². The van der Waals surface area contributed by atoms with E-state index in [4.69, 9.17) is 17.3 Å². The normalized spacial score (nSPS) is 13.2. The van der Waals surface area contributed by atoms with Crippen LogP contribution < -0.4 is 5.73 Å². The summed E-state index contributed by atoms with van der Waals surface area (Å²) in [6.45, 7) is 9.98. The van der Waals surface area contributed by atoms with Gasteiger partial charge in [-0.1, -0.05) is 36.9 Å². The number of nitrogens with zero attached hydrogens (tertiary/aromatic N) is 3. The van der Waals surface area contributed by atoms with Crippen LogP contribution in [0.3, 0.4) is 0 Å². The number of allylic oxidation sites excluding steroid dienone is 2. The van der Waals surface area contributed by atoms with E-state index in [0.29, 0.717) is 11.4 Å². The van der Waals surface area contributed by atoms with Crippen molar-refractivity contribution in [2.24, 2.45) is 17.8 Å². The number of aromatic nitrogens is 2. The van der Waals surface area contributed by atoms with Gasteiger partial charge in [-0.05, 0) is 41.8 Å². The Labute approximate surface area is 154 Å². The fourth-order valence-electron chi connectivity index (χ4n) is 2.55. The Balaban J connectivity index is 2.40. The second kappa shape index (κ2) is 8.60. The molecule has 1 aromatic carbocycles. The lowest BCUT2D eigenvalue weighted by Gasteiger charge is -2.19. The van der Waals surface area contributed by atoms with Gasteiger partial charge in [0.1, 0.15) is 0 Å². The summed E-state index contributed by atoms with van der Waals surface area (Å²) in [5.74, 6) is 0. The number of halogens is 1. The van der Waals surface area contributed by atoms with Crippen molar-refractivity contribution in [2.45, 2.75) is 19.4 Å². The van der Waals surface area contributed by atoms with Crippen molar-refractivity contribution in [3.05, 3.63) is 84.1 Å². The van der Waals surface area contributed by atoms with Crippen LogP contribution in [0.4, 0.5) is 0 Å². The van der Waals surface area contributed by atoms with E-state index in [2.05, 4.69) is 23.1 Å². The van der Waals surface area contributed by atoms with Crippen LogP contribution in [0, 0.1) is 0 Å². The molecular formula is C20H23ClN4. The minimum atomic E-state index is -0.371. The summed E-state index contributed by atoms with van der Waals surface area (Å²) >= 11 is 6.21. The topological polar surface area (TPSA) is 56.2 Å². The molecule has 2 N–H and O–H groups in total. The van der Waals surface area contributed by atoms with Crippen LogP contribution in [0.1, 0.15) is 29.8 Å². The van der Waals surface area contributed by atoms with E-state index in [1.807, 2.05) is 42.8 Å². The zero-order valence-corrected chi connectivity index (χ0v) is 15.4. The molecule has 0 saturated heterocycles. The van der Waals surface area contributed by atoms with Gasteiger partial charge in [0, 0.05) is 30.4 Å². The monoisotopic (exact) mass is 354 g/mol. The number of aryl methyl sites for hydroxylation is 1. The van der Waals surface area contributed by atoms with Crippen molar-refractivity contribution < 1.29 is 0 Å². The highest BCUT2D eigenvalue weighted by Gasteiger charge is 2.18. The second-order valence-corrected chi connectivity index (χ2v) is 6.15. The lowest BCUT2D eigenvalue weighted by molar-refractivity contribution is 0.774. The predicted octanol–water partition coefficient (Wildman–Crippen LogP) is 4.49. The zero-order valence-electron chi connectivity index (χ0n) is 14.6. The molecule has 0 spiro atoms. The van der Waals surface area contributed by atoms with E-state index >= 15 is 0 Å². The minimum absolute atomic E-state index is 0.371. The number of hydrogen-bond acceptors (Lipinski definition) is 3. The summed E-state index contributed by atoms with van der Waals surface area (Å²) in [4.78, 5) is 8.53. The quantitative estimate of drug-likeness (QED) is 0.745.